The van der Waals surface area contributed by atoms with Crippen molar-refractivity contribution in [2.24, 2.45) is 16.7 Å². The summed E-state index contributed by atoms with van der Waals surface area (Å²) in [4.78, 5) is 8.41. The molecule has 1 N–H and O–H groups in total. The van der Waals surface area contributed by atoms with Crippen LogP contribution in [0.25, 0.3) is 0 Å². The lowest BCUT2D eigenvalue weighted by Crippen LogP contribution is -2.46. The molecule has 4 heteroatoms. The minimum Gasteiger partial charge on any atom is -0.364 e. The fourth-order valence-electron chi connectivity index (χ4n) is 4.22. The third-order valence-corrected chi connectivity index (χ3v) is 5.48. The summed E-state index contributed by atoms with van der Waals surface area (Å²) in [5.41, 5.74) is 0.670. The fraction of sp³-hybridized carbons (Fsp3) is 0.714. The minimum atomic E-state index is 0.299. The zero-order valence-electron chi connectivity index (χ0n) is 11.2. The highest BCUT2D eigenvalue weighted by Gasteiger charge is 2.59. The fourth-order valence-corrected chi connectivity index (χ4v) is 4.38. The van der Waals surface area contributed by atoms with E-state index in [-0.39, 0.29) is 0 Å². The van der Waals surface area contributed by atoms with Gasteiger partial charge in [-0.15, -0.1) is 0 Å². The van der Waals surface area contributed by atoms with Gasteiger partial charge in [0.1, 0.15) is 0 Å². The third kappa shape index (κ3) is 1.63. The number of aromatic nitrogens is 2. The zero-order chi connectivity index (χ0) is 13.0. The van der Waals surface area contributed by atoms with E-state index in [1.165, 1.54) is 19.3 Å². The average molecular weight is 266 g/mol. The first-order valence-corrected chi connectivity index (χ1v) is 7.04. The van der Waals surface area contributed by atoms with Gasteiger partial charge in [0, 0.05) is 18.4 Å². The van der Waals surface area contributed by atoms with E-state index in [4.69, 9.17) is 11.6 Å². The summed E-state index contributed by atoms with van der Waals surface area (Å²) in [6.45, 7) is 7.12. The Bertz CT molecular complexity index is 469. The first-order valence-electron chi connectivity index (χ1n) is 6.66. The van der Waals surface area contributed by atoms with Crippen molar-refractivity contribution in [2.75, 3.05) is 5.32 Å². The van der Waals surface area contributed by atoms with Crippen molar-refractivity contribution in [3.63, 3.8) is 0 Å². The van der Waals surface area contributed by atoms with Gasteiger partial charge in [0.05, 0.1) is 0 Å². The topological polar surface area (TPSA) is 37.8 Å². The molecule has 0 spiro atoms. The number of nitrogens with zero attached hydrogens (tertiary/aromatic N) is 2. The second-order valence-electron chi connectivity index (χ2n) is 6.69. The molecule has 0 aliphatic heterocycles. The Balaban J connectivity index is 1.91. The molecule has 3 atom stereocenters. The van der Waals surface area contributed by atoms with E-state index >= 15 is 0 Å². The number of hydrogen-bond acceptors (Lipinski definition) is 3. The van der Waals surface area contributed by atoms with Crippen LogP contribution in [0.5, 0.6) is 0 Å². The minimum absolute atomic E-state index is 0.299. The maximum absolute atomic E-state index is 6.11. The summed E-state index contributed by atoms with van der Waals surface area (Å²) in [6.07, 6.45) is 7.29. The summed E-state index contributed by atoms with van der Waals surface area (Å²) >= 11 is 6.11. The first kappa shape index (κ1) is 12.2. The van der Waals surface area contributed by atoms with Crippen molar-refractivity contribution >= 4 is 17.4 Å². The van der Waals surface area contributed by atoms with Crippen LogP contribution in [0.3, 0.4) is 0 Å². The number of hydrogen-bond donors (Lipinski definition) is 1. The Hall–Kier alpha value is -0.830. The first-order chi connectivity index (χ1) is 8.43. The number of nitrogens with one attached hydrogen (secondary N) is 1. The summed E-state index contributed by atoms with van der Waals surface area (Å²) in [6, 6.07) is 0.429. The van der Waals surface area contributed by atoms with Gasteiger partial charge in [0.25, 0.3) is 0 Å². The molecule has 98 valence electrons. The molecule has 2 aliphatic rings. The Morgan fingerprint density at radius 2 is 2.00 bits per heavy atom. The Morgan fingerprint density at radius 3 is 2.61 bits per heavy atom. The molecule has 2 fully saturated rings. The smallest absolute Gasteiger partial charge is 0.171 e. The molecule has 1 aromatic heterocycles. The van der Waals surface area contributed by atoms with Crippen LogP contribution in [0.4, 0.5) is 5.82 Å². The maximum atomic E-state index is 6.11. The number of anilines is 1. The molecule has 1 heterocycles. The summed E-state index contributed by atoms with van der Waals surface area (Å²) < 4.78 is 0. The van der Waals surface area contributed by atoms with Crippen LogP contribution >= 0.6 is 11.6 Å². The van der Waals surface area contributed by atoms with Gasteiger partial charge in [0.2, 0.25) is 0 Å². The summed E-state index contributed by atoms with van der Waals surface area (Å²) in [5, 5.41) is 4.04. The quantitative estimate of drug-likeness (QED) is 0.885. The van der Waals surface area contributed by atoms with Crippen LogP contribution in [0.15, 0.2) is 12.4 Å². The van der Waals surface area contributed by atoms with Crippen LogP contribution in [0.1, 0.15) is 40.0 Å². The van der Waals surface area contributed by atoms with E-state index in [1.54, 1.807) is 12.4 Å². The summed E-state index contributed by atoms with van der Waals surface area (Å²) in [7, 11) is 0. The van der Waals surface area contributed by atoms with Gasteiger partial charge in [-0.05, 0) is 36.0 Å². The predicted molar refractivity (Wildman–Crippen MR) is 73.7 cm³/mol. The van der Waals surface area contributed by atoms with Crippen molar-refractivity contribution in [3.8, 4) is 0 Å². The molecule has 0 radical (unpaired) electrons. The number of fused-ring (bicyclic) bond motifs is 2. The van der Waals surface area contributed by atoms with Crippen molar-refractivity contribution in [3.05, 3.63) is 17.5 Å². The lowest BCUT2D eigenvalue weighted by atomic mass is 9.68. The molecule has 0 saturated heterocycles. The van der Waals surface area contributed by atoms with Crippen molar-refractivity contribution < 1.29 is 0 Å². The standard InChI is InChI=1S/C14H20ClN3/c1-13(2)9-4-5-14(3,8-9)12(13)18-11-10(15)16-6-7-17-11/h6-7,9,12H,4-5,8H2,1-3H3,(H,17,18). The van der Waals surface area contributed by atoms with Crippen LogP contribution in [0, 0.1) is 16.7 Å². The van der Waals surface area contributed by atoms with E-state index in [1.807, 2.05) is 0 Å². The molecular formula is C14H20ClN3. The molecule has 2 bridgehead atoms. The molecule has 2 saturated carbocycles. The second kappa shape index (κ2) is 3.83. The molecule has 3 unspecified atom stereocenters. The molecule has 3 nitrogen and oxygen atoms in total. The predicted octanol–water partition coefficient (Wildman–Crippen LogP) is 3.76. The highest BCUT2D eigenvalue weighted by molar-refractivity contribution is 6.31. The molecule has 1 aromatic rings. The highest BCUT2D eigenvalue weighted by atomic mass is 35.5. The lowest BCUT2D eigenvalue weighted by Gasteiger charge is -2.43. The van der Waals surface area contributed by atoms with Crippen molar-refractivity contribution in [2.45, 2.75) is 46.1 Å². The average Bonchev–Trinajstić information content (AvgIpc) is 2.78. The number of halogens is 1. The molecule has 3 rings (SSSR count). The van der Waals surface area contributed by atoms with Gasteiger partial charge in [-0.3, -0.25) is 0 Å². The van der Waals surface area contributed by atoms with Gasteiger partial charge in [0.15, 0.2) is 11.0 Å². The van der Waals surface area contributed by atoms with Crippen LogP contribution < -0.4 is 5.32 Å². The van der Waals surface area contributed by atoms with Gasteiger partial charge < -0.3 is 5.32 Å². The Kier molecular flexibility index (Phi) is 2.60. The van der Waals surface area contributed by atoms with Crippen LogP contribution in [0.2, 0.25) is 5.15 Å². The Morgan fingerprint density at radius 1 is 1.28 bits per heavy atom. The molecule has 2 aliphatic carbocycles. The Labute approximate surface area is 113 Å². The third-order valence-electron chi connectivity index (χ3n) is 5.20. The van der Waals surface area contributed by atoms with Gasteiger partial charge >= 0.3 is 0 Å². The van der Waals surface area contributed by atoms with E-state index < -0.39 is 0 Å². The van der Waals surface area contributed by atoms with Crippen LogP contribution in [-0.2, 0) is 0 Å². The molecule has 0 aromatic carbocycles. The van der Waals surface area contributed by atoms with Crippen molar-refractivity contribution in [1.29, 1.82) is 0 Å². The zero-order valence-corrected chi connectivity index (χ0v) is 12.0. The largest absolute Gasteiger partial charge is 0.364 e. The SMILES string of the molecule is CC12CCC(C1)C(C)(C)C2Nc1nccnc1Cl. The van der Waals surface area contributed by atoms with Gasteiger partial charge in [-0.2, -0.15) is 0 Å². The van der Waals surface area contributed by atoms with Crippen LogP contribution in [-0.4, -0.2) is 16.0 Å². The maximum Gasteiger partial charge on any atom is 0.171 e. The second-order valence-corrected chi connectivity index (χ2v) is 7.05. The highest BCUT2D eigenvalue weighted by Crippen LogP contribution is 2.63. The van der Waals surface area contributed by atoms with E-state index in [0.717, 1.165) is 11.7 Å². The molecular weight excluding hydrogens is 246 g/mol. The van der Waals surface area contributed by atoms with E-state index in [9.17, 15) is 0 Å². The monoisotopic (exact) mass is 265 g/mol. The molecule has 0 amide bonds. The van der Waals surface area contributed by atoms with Crippen molar-refractivity contribution in [1.82, 2.24) is 9.97 Å². The molecule has 18 heavy (non-hydrogen) atoms. The van der Waals surface area contributed by atoms with Gasteiger partial charge in [-0.25, -0.2) is 9.97 Å². The van der Waals surface area contributed by atoms with E-state index in [2.05, 4.69) is 36.1 Å². The summed E-state index contributed by atoms with van der Waals surface area (Å²) in [5.74, 6) is 1.54. The van der Waals surface area contributed by atoms with E-state index in [0.29, 0.717) is 22.0 Å². The normalized spacial score (nSPS) is 36.9. The van der Waals surface area contributed by atoms with Gasteiger partial charge in [-0.1, -0.05) is 32.4 Å². The lowest BCUT2D eigenvalue weighted by molar-refractivity contribution is 0.155. The number of rotatable bonds is 2.